The summed E-state index contributed by atoms with van der Waals surface area (Å²) < 4.78 is 13.8. The minimum Gasteiger partial charge on any atom is -0.337 e. The minimum absolute atomic E-state index is 0.0155. The van der Waals surface area contributed by atoms with Gasteiger partial charge in [0.05, 0.1) is 6.20 Å². The second-order valence-corrected chi connectivity index (χ2v) is 8.72. The van der Waals surface area contributed by atoms with Crippen LogP contribution in [-0.2, 0) is 11.2 Å². The fourth-order valence-corrected chi connectivity index (χ4v) is 5.68. The van der Waals surface area contributed by atoms with Gasteiger partial charge in [-0.25, -0.2) is 9.37 Å². The topological polar surface area (TPSA) is 66.4 Å². The molecule has 3 aliphatic rings. The maximum absolute atomic E-state index is 13.8. The van der Waals surface area contributed by atoms with Gasteiger partial charge >= 0.3 is 0 Å². The molecule has 0 saturated carbocycles. The van der Waals surface area contributed by atoms with Crippen LogP contribution in [0, 0.1) is 17.7 Å². The standard InChI is InChI=1S/C23H25FN4O2/c24-18-4-1-3-15(9-18)10-21-17-11-16(20-5-2-6-22(29)28(20)21)13-27(14-17)23(30)19-12-25-7-8-26-19/h1,3-4,7-9,12,16-17,20-21H,2,5-6,10-11,13-14H2/t16-,17+,20+,21+/m1/s1. The Kier molecular flexibility index (Phi) is 4.97. The second kappa shape index (κ2) is 7.78. The number of amides is 2. The predicted molar refractivity (Wildman–Crippen MR) is 108 cm³/mol. The first-order valence-electron chi connectivity index (χ1n) is 10.7. The highest BCUT2D eigenvalue weighted by Crippen LogP contribution is 2.42. The lowest BCUT2D eigenvalue weighted by atomic mass is 9.70. The predicted octanol–water partition coefficient (Wildman–Crippen LogP) is 2.70. The van der Waals surface area contributed by atoms with Crippen LogP contribution < -0.4 is 0 Å². The van der Waals surface area contributed by atoms with E-state index in [-0.39, 0.29) is 41.6 Å². The molecule has 5 rings (SSSR count). The van der Waals surface area contributed by atoms with Crippen LogP contribution in [0.5, 0.6) is 0 Å². The van der Waals surface area contributed by atoms with Gasteiger partial charge in [-0.3, -0.25) is 14.6 Å². The zero-order valence-corrected chi connectivity index (χ0v) is 16.8. The maximum atomic E-state index is 13.8. The third-order valence-corrected chi connectivity index (χ3v) is 6.90. The summed E-state index contributed by atoms with van der Waals surface area (Å²) in [5, 5.41) is 0. The van der Waals surface area contributed by atoms with Crippen molar-refractivity contribution in [3.63, 3.8) is 0 Å². The van der Waals surface area contributed by atoms with Crippen molar-refractivity contribution < 1.29 is 14.0 Å². The van der Waals surface area contributed by atoms with Crippen molar-refractivity contribution in [1.29, 1.82) is 0 Å². The molecule has 1 aromatic heterocycles. The van der Waals surface area contributed by atoms with Crippen LogP contribution in [0.4, 0.5) is 4.39 Å². The van der Waals surface area contributed by atoms with Gasteiger partial charge in [0.15, 0.2) is 0 Å². The molecule has 1 aromatic carbocycles. The molecule has 2 aromatic rings. The maximum Gasteiger partial charge on any atom is 0.274 e. The summed E-state index contributed by atoms with van der Waals surface area (Å²) in [6, 6.07) is 6.77. The summed E-state index contributed by atoms with van der Waals surface area (Å²) in [5.74, 6) is 0.295. The van der Waals surface area contributed by atoms with Crippen molar-refractivity contribution in [3.8, 4) is 0 Å². The highest BCUT2D eigenvalue weighted by atomic mass is 19.1. The number of nitrogens with zero attached hydrogens (tertiary/aromatic N) is 4. The molecule has 0 N–H and O–H groups in total. The van der Waals surface area contributed by atoms with E-state index in [1.165, 1.54) is 18.5 Å². The number of likely N-dealkylation sites (tertiary alicyclic amines) is 1. The Labute approximate surface area is 175 Å². The number of benzene rings is 1. The van der Waals surface area contributed by atoms with Crippen LogP contribution in [0.3, 0.4) is 0 Å². The highest BCUT2D eigenvalue weighted by Gasteiger charge is 2.50. The van der Waals surface area contributed by atoms with E-state index in [1.807, 2.05) is 11.0 Å². The molecule has 4 heterocycles. The zero-order chi connectivity index (χ0) is 20.7. The average molecular weight is 408 g/mol. The molecule has 7 heteroatoms. The minimum atomic E-state index is -0.259. The fraction of sp³-hybridized carbons (Fsp3) is 0.478. The molecule has 0 aliphatic carbocycles. The monoisotopic (exact) mass is 408 g/mol. The molecule has 6 nitrogen and oxygen atoms in total. The molecule has 0 radical (unpaired) electrons. The van der Waals surface area contributed by atoms with Crippen molar-refractivity contribution >= 4 is 11.8 Å². The molecule has 4 atom stereocenters. The van der Waals surface area contributed by atoms with Gasteiger partial charge in [0.25, 0.3) is 5.91 Å². The summed E-state index contributed by atoms with van der Waals surface area (Å²) >= 11 is 0. The Morgan fingerprint density at radius 2 is 2.07 bits per heavy atom. The van der Waals surface area contributed by atoms with Crippen LogP contribution in [0.15, 0.2) is 42.9 Å². The van der Waals surface area contributed by atoms with E-state index >= 15 is 0 Å². The van der Waals surface area contributed by atoms with Crippen LogP contribution in [-0.4, -0.2) is 56.8 Å². The number of rotatable bonds is 3. The van der Waals surface area contributed by atoms with Crippen LogP contribution in [0.2, 0.25) is 0 Å². The number of carbonyl (C=O) groups is 2. The van der Waals surface area contributed by atoms with E-state index in [9.17, 15) is 14.0 Å². The van der Waals surface area contributed by atoms with E-state index in [0.29, 0.717) is 31.6 Å². The molecular formula is C23H25FN4O2. The van der Waals surface area contributed by atoms with Gasteiger partial charge in [-0.2, -0.15) is 0 Å². The third-order valence-electron chi connectivity index (χ3n) is 6.90. The number of aromatic nitrogens is 2. The summed E-state index contributed by atoms with van der Waals surface area (Å²) in [5.41, 5.74) is 1.25. The lowest BCUT2D eigenvalue weighted by molar-refractivity contribution is -0.151. The Morgan fingerprint density at radius 1 is 1.20 bits per heavy atom. The van der Waals surface area contributed by atoms with Crippen molar-refractivity contribution in [3.05, 3.63) is 59.9 Å². The lowest BCUT2D eigenvalue weighted by Crippen LogP contribution is -2.66. The van der Waals surface area contributed by atoms with Crippen LogP contribution in [0.1, 0.15) is 41.7 Å². The smallest absolute Gasteiger partial charge is 0.274 e. The normalized spacial score (nSPS) is 28.2. The molecule has 3 aliphatic heterocycles. The molecule has 0 spiro atoms. The van der Waals surface area contributed by atoms with Gasteiger partial charge < -0.3 is 9.80 Å². The number of hydrogen-bond donors (Lipinski definition) is 0. The Bertz CT molecular complexity index is 953. The first-order valence-corrected chi connectivity index (χ1v) is 10.7. The number of fused-ring (bicyclic) bond motifs is 4. The van der Waals surface area contributed by atoms with E-state index < -0.39 is 0 Å². The van der Waals surface area contributed by atoms with E-state index in [1.54, 1.807) is 18.3 Å². The molecule has 2 amide bonds. The summed E-state index contributed by atoms with van der Waals surface area (Å²) in [4.78, 5) is 38.2. The van der Waals surface area contributed by atoms with Gasteiger partial charge in [0.2, 0.25) is 5.91 Å². The fourth-order valence-electron chi connectivity index (χ4n) is 5.68. The number of carbonyl (C=O) groups excluding carboxylic acids is 2. The molecule has 2 bridgehead atoms. The van der Waals surface area contributed by atoms with E-state index in [2.05, 4.69) is 14.9 Å². The summed E-state index contributed by atoms with van der Waals surface area (Å²) in [7, 11) is 0. The van der Waals surface area contributed by atoms with E-state index in [0.717, 1.165) is 24.8 Å². The first kappa shape index (κ1) is 19.2. The third kappa shape index (κ3) is 3.46. The zero-order valence-electron chi connectivity index (χ0n) is 16.8. The quantitative estimate of drug-likeness (QED) is 0.783. The largest absolute Gasteiger partial charge is 0.337 e. The molecule has 3 saturated heterocycles. The van der Waals surface area contributed by atoms with Crippen LogP contribution >= 0.6 is 0 Å². The van der Waals surface area contributed by atoms with Gasteiger partial charge in [-0.1, -0.05) is 12.1 Å². The highest BCUT2D eigenvalue weighted by molar-refractivity contribution is 5.92. The molecule has 30 heavy (non-hydrogen) atoms. The van der Waals surface area contributed by atoms with Gasteiger partial charge in [-0.05, 0) is 55.2 Å². The Hall–Kier alpha value is -2.83. The summed E-state index contributed by atoms with van der Waals surface area (Å²) in [6.07, 6.45) is 8.66. The van der Waals surface area contributed by atoms with Crippen LogP contribution in [0.25, 0.3) is 0 Å². The van der Waals surface area contributed by atoms with Crippen molar-refractivity contribution in [2.45, 2.75) is 44.2 Å². The number of hydrogen-bond acceptors (Lipinski definition) is 4. The Balaban J connectivity index is 1.45. The van der Waals surface area contributed by atoms with Gasteiger partial charge in [0, 0.05) is 44.0 Å². The first-order chi connectivity index (χ1) is 14.6. The SMILES string of the molecule is O=C(c1cnccn1)N1C[C@H]2C[C@@H](C1)[C@H](Cc1cccc(F)c1)N1C(=O)CCC[C@@H]21. The van der Waals surface area contributed by atoms with Gasteiger partial charge in [-0.15, -0.1) is 0 Å². The van der Waals surface area contributed by atoms with E-state index in [4.69, 9.17) is 0 Å². The average Bonchev–Trinajstić information content (AvgIpc) is 2.77. The van der Waals surface area contributed by atoms with Gasteiger partial charge in [0.1, 0.15) is 11.5 Å². The lowest BCUT2D eigenvalue weighted by Gasteiger charge is -2.56. The molecular weight excluding hydrogens is 383 g/mol. The summed E-state index contributed by atoms with van der Waals surface area (Å²) in [6.45, 7) is 1.23. The molecule has 3 fully saturated rings. The number of piperidine rings is 3. The number of halogens is 1. The second-order valence-electron chi connectivity index (χ2n) is 8.72. The Morgan fingerprint density at radius 3 is 2.87 bits per heavy atom. The van der Waals surface area contributed by atoms with Crippen molar-refractivity contribution in [2.24, 2.45) is 11.8 Å². The molecule has 156 valence electrons. The van der Waals surface area contributed by atoms with Crippen molar-refractivity contribution in [1.82, 2.24) is 19.8 Å². The molecule has 0 unspecified atom stereocenters. The van der Waals surface area contributed by atoms with Crippen molar-refractivity contribution in [2.75, 3.05) is 13.1 Å².